The van der Waals surface area contributed by atoms with Crippen LogP contribution < -0.4 is 0 Å². The quantitative estimate of drug-likeness (QED) is 0.865. The van der Waals surface area contributed by atoms with Gasteiger partial charge in [0.15, 0.2) is 15.7 Å². The number of nitrogens with zero attached hydrogens (tertiary/aromatic N) is 2. The monoisotopic (exact) mass is 292 g/mol. The van der Waals surface area contributed by atoms with Crippen LogP contribution in [-0.2, 0) is 21.8 Å². The second kappa shape index (κ2) is 4.65. The number of benzene rings is 1. The SMILES string of the molecule is O=S(=O)(Cc1noc(C(F)(F)F)n1)c1ccccc1. The Morgan fingerprint density at radius 2 is 1.79 bits per heavy atom. The van der Waals surface area contributed by atoms with Gasteiger partial charge in [0.25, 0.3) is 0 Å². The maximum Gasteiger partial charge on any atom is 0.471 e. The molecule has 0 bridgehead atoms. The zero-order valence-electron chi connectivity index (χ0n) is 9.26. The molecule has 1 aromatic heterocycles. The third kappa shape index (κ3) is 3.11. The van der Waals surface area contributed by atoms with Gasteiger partial charge in [-0.25, -0.2) is 8.42 Å². The second-order valence-corrected chi connectivity index (χ2v) is 5.58. The summed E-state index contributed by atoms with van der Waals surface area (Å²) < 4.78 is 64.3. The van der Waals surface area contributed by atoms with Crippen LogP contribution in [0.3, 0.4) is 0 Å². The number of rotatable bonds is 3. The first kappa shape index (κ1) is 13.5. The molecule has 2 rings (SSSR count). The standard InChI is InChI=1S/C10H7F3N2O3S/c11-10(12,13)9-14-8(15-18-9)6-19(16,17)7-4-2-1-3-5-7/h1-5H,6H2. The molecule has 0 aliphatic carbocycles. The Kier molecular flexibility index (Phi) is 3.31. The van der Waals surface area contributed by atoms with E-state index in [1.807, 2.05) is 0 Å². The molecular weight excluding hydrogens is 285 g/mol. The topological polar surface area (TPSA) is 73.1 Å². The number of hydrogen-bond donors (Lipinski definition) is 0. The average Bonchev–Trinajstić information content (AvgIpc) is 2.78. The summed E-state index contributed by atoms with van der Waals surface area (Å²) in [6.07, 6.45) is -4.79. The van der Waals surface area contributed by atoms with E-state index in [4.69, 9.17) is 0 Å². The van der Waals surface area contributed by atoms with Gasteiger partial charge in [0.05, 0.1) is 4.90 Å². The highest BCUT2D eigenvalue weighted by Crippen LogP contribution is 2.27. The van der Waals surface area contributed by atoms with Crippen molar-refractivity contribution in [3.63, 3.8) is 0 Å². The second-order valence-electron chi connectivity index (χ2n) is 3.59. The molecule has 1 heterocycles. The van der Waals surface area contributed by atoms with Crippen LogP contribution in [0.4, 0.5) is 13.2 Å². The van der Waals surface area contributed by atoms with E-state index in [1.165, 1.54) is 24.3 Å². The molecule has 0 aliphatic rings. The highest BCUT2D eigenvalue weighted by Gasteiger charge is 2.38. The molecule has 0 amide bonds. The summed E-state index contributed by atoms with van der Waals surface area (Å²) >= 11 is 0. The minimum absolute atomic E-state index is 0.0200. The van der Waals surface area contributed by atoms with Crippen molar-refractivity contribution < 1.29 is 26.1 Å². The summed E-state index contributed by atoms with van der Waals surface area (Å²) in [5, 5.41) is 3.01. The summed E-state index contributed by atoms with van der Waals surface area (Å²) in [6.45, 7) is 0. The van der Waals surface area contributed by atoms with Gasteiger partial charge in [-0.05, 0) is 12.1 Å². The van der Waals surface area contributed by atoms with E-state index in [2.05, 4.69) is 14.7 Å². The zero-order chi connectivity index (χ0) is 14.1. The summed E-state index contributed by atoms with van der Waals surface area (Å²) in [4.78, 5) is 2.99. The Morgan fingerprint density at radius 1 is 1.16 bits per heavy atom. The van der Waals surface area contributed by atoms with Crippen molar-refractivity contribution in [2.24, 2.45) is 0 Å². The maximum atomic E-state index is 12.2. The van der Waals surface area contributed by atoms with Gasteiger partial charge in [0, 0.05) is 0 Å². The molecule has 5 nitrogen and oxygen atoms in total. The van der Waals surface area contributed by atoms with E-state index in [-0.39, 0.29) is 4.90 Å². The van der Waals surface area contributed by atoms with Gasteiger partial charge in [-0.1, -0.05) is 23.4 Å². The van der Waals surface area contributed by atoms with Crippen LogP contribution >= 0.6 is 0 Å². The minimum atomic E-state index is -4.79. The van der Waals surface area contributed by atoms with Crippen LogP contribution in [0.25, 0.3) is 0 Å². The van der Waals surface area contributed by atoms with Crippen LogP contribution in [0.5, 0.6) is 0 Å². The van der Waals surface area contributed by atoms with Gasteiger partial charge < -0.3 is 4.52 Å². The van der Waals surface area contributed by atoms with Crippen molar-refractivity contribution in [3.8, 4) is 0 Å². The van der Waals surface area contributed by atoms with Crippen LogP contribution in [0.15, 0.2) is 39.8 Å². The Morgan fingerprint density at radius 3 is 2.32 bits per heavy atom. The lowest BCUT2D eigenvalue weighted by molar-refractivity contribution is -0.159. The van der Waals surface area contributed by atoms with E-state index < -0.39 is 33.5 Å². The fourth-order valence-corrected chi connectivity index (χ4v) is 2.50. The minimum Gasteiger partial charge on any atom is -0.329 e. The summed E-state index contributed by atoms with van der Waals surface area (Å²) in [5.74, 6) is -2.85. The van der Waals surface area contributed by atoms with E-state index in [0.29, 0.717) is 0 Å². The Balaban J connectivity index is 2.25. The maximum absolute atomic E-state index is 12.2. The summed E-state index contributed by atoms with van der Waals surface area (Å²) in [6, 6.07) is 7.30. The smallest absolute Gasteiger partial charge is 0.329 e. The third-order valence-corrected chi connectivity index (χ3v) is 3.76. The molecule has 0 fully saturated rings. The fraction of sp³-hybridized carbons (Fsp3) is 0.200. The van der Waals surface area contributed by atoms with Gasteiger partial charge in [-0.3, -0.25) is 0 Å². The molecule has 2 aromatic rings. The number of hydrogen-bond acceptors (Lipinski definition) is 5. The van der Waals surface area contributed by atoms with Crippen LogP contribution in [-0.4, -0.2) is 18.6 Å². The molecule has 1 aromatic carbocycles. The summed E-state index contributed by atoms with van der Waals surface area (Å²) in [5.41, 5.74) is 0. The molecule has 0 radical (unpaired) electrons. The van der Waals surface area contributed by atoms with Crippen molar-refractivity contribution in [2.75, 3.05) is 0 Å². The Labute approximate surface area is 106 Å². The molecule has 0 saturated carbocycles. The lowest BCUT2D eigenvalue weighted by Crippen LogP contribution is -2.08. The van der Waals surface area contributed by atoms with E-state index in [9.17, 15) is 21.6 Å². The number of halogens is 3. The molecule has 9 heteroatoms. The van der Waals surface area contributed by atoms with E-state index in [1.54, 1.807) is 6.07 Å². The van der Waals surface area contributed by atoms with Crippen molar-refractivity contribution in [3.05, 3.63) is 42.0 Å². The molecule has 19 heavy (non-hydrogen) atoms. The molecule has 0 saturated heterocycles. The molecule has 102 valence electrons. The van der Waals surface area contributed by atoms with Gasteiger partial charge in [-0.15, -0.1) is 0 Å². The van der Waals surface area contributed by atoms with Crippen LogP contribution in [0, 0.1) is 0 Å². The number of sulfone groups is 1. The normalized spacial score (nSPS) is 12.6. The number of alkyl halides is 3. The van der Waals surface area contributed by atoms with Crippen molar-refractivity contribution >= 4 is 9.84 Å². The predicted molar refractivity (Wildman–Crippen MR) is 56.6 cm³/mol. The van der Waals surface area contributed by atoms with Crippen molar-refractivity contribution in [2.45, 2.75) is 16.8 Å². The molecule has 0 N–H and O–H groups in total. The first-order valence-electron chi connectivity index (χ1n) is 4.96. The molecule has 0 atom stereocenters. The number of aromatic nitrogens is 2. The lowest BCUT2D eigenvalue weighted by atomic mass is 10.4. The molecule has 0 spiro atoms. The highest BCUT2D eigenvalue weighted by molar-refractivity contribution is 7.90. The van der Waals surface area contributed by atoms with Crippen molar-refractivity contribution in [1.82, 2.24) is 10.1 Å². The Hall–Kier alpha value is -1.90. The first-order valence-corrected chi connectivity index (χ1v) is 6.62. The molecule has 0 aliphatic heterocycles. The molecular formula is C10H7F3N2O3S. The third-order valence-electron chi connectivity index (χ3n) is 2.13. The van der Waals surface area contributed by atoms with Gasteiger partial charge >= 0.3 is 12.1 Å². The molecule has 0 unspecified atom stereocenters. The predicted octanol–water partition coefficient (Wildman–Crippen LogP) is 2.06. The van der Waals surface area contributed by atoms with E-state index >= 15 is 0 Å². The van der Waals surface area contributed by atoms with Gasteiger partial charge in [0.1, 0.15) is 5.75 Å². The first-order chi connectivity index (χ1) is 8.79. The summed E-state index contributed by atoms with van der Waals surface area (Å²) in [7, 11) is -3.80. The zero-order valence-corrected chi connectivity index (χ0v) is 10.1. The van der Waals surface area contributed by atoms with Crippen LogP contribution in [0.1, 0.15) is 11.7 Å². The Bertz CT molecular complexity index is 665. The largest absolute Gasteiger partial charge is 0.471 e. The van der Waals surface area contributed by atoms with Crippen molar-refractivity contribution in [1.29, 1.82) is 0 Å². The van der Waals surface area contributed by atoms with Gasteiger partial charge in [-0.2, -0.15) is 18.2 Å². The fourth-order valence-electron chi connectivity index (χ4n) is 1.31. The highest BCUT2D eigenvalue weighted by atomic mass is 32.2. The lowest BCUT2D eigenvalue weighted by Gasteiger charge is -2.00. The van der Waals surface area contributed by atoms with Crippen LogP contribution in [0.2, 0.25) is 0 Å². The van der Waals surface area contributed by atoms with E-state index in [0.717, 1.165) is 0 Å². The van der Waals surface area contributed by atoms with Gasteiger partial charge in [0.2, 0.25) is 0 Å². The average molecular weight is 292 g/mol.